The second kappa shape index (κ2) is 8.49. The van der Waals surface area contributed by atoms with E-state index in [1.165, 1.54) is 31.9 Å². The van der Waals surface area contributed by atoms with E-state index in [0.717, 1.165) is 21.4 Å². The highest BCUT2D eigenvalue weighted by Gasteiger charge is 2.18. The van der Waals surface area contributed by atoms with Gasteiger partial charge in [0.1, 0.15) is 6.54 Å². The summed E-state index contributed by atoms with van der Waals surface area (Å²) in [5.74, 6) is 0.0301. The molecule has 2 aromatic rings. The second-order valence-electron chi connectivity index (χ2n) is 6.60. The van der Waals surface area contributed by atoms with Crippen LogP contribution in [0.1, 0.15) is 31.7 Å². The van der Waals surface area contributed by atoms with Crippen LogP contribution < -0.4 is 10.9 Å². The van der Waals surface area contributed by atoms with Crippen molar-refractivity contribution >= 4 is 21.6 Å². The third-order valence-corrected chi connectivity index (χ3v) is 6.22. The summed E-state index contributed by atoms with van der Waals surface area (Å²) in [6.45, 7) is 3.97. The summed E-state index contributed by atoms with van der Waals surface area (Å²) in [6, 6.07) is 9.93. The molecule has 1 heterocycles. The first-order valence-corrected chi connectivity index (χ1v) is 10.1. The fraction of sp³-hybridized carbons (Fsp3) is 0.368. The van der Waals surface area contributed by atoms with E-state index in [-0.39, 0.29) is 11.4 Å². The van der Waals surface area contributed by atoms with Crippen molar-refractivity contribution in [3.63, 3.8) is 0 Å². The zero-order chi connectivity index (χ0) is 20.2. The van der Waals surface area contributed by atoms with E-state index < -0.39 is 21.5 Å². The van der Waals surface area contributed by atoms with Crippen LogP contribution in [0.15, 0.2) is 52.3 Å². The molecule has 1 aromatic heterocycles. The third kappa shape index (κ3) is 5.05. The number of carbonyl (C=O) groups excluding carboxylic acids is 1. The normalized spacial score (nSPS) is 12.8. The largest absolute Gasteiger partial charge is 0.325 e. The number of sulfonamides is 1. The molecule has 1 amide bonds. The van der Waals surface area contributed by atoms with Gasteiger partial charge in [-0.05, 0) is 36.1 Å². The maximum atomic E-state index is 12.3. The molecule has 0 fully saturated rings. The van der Waals surface area contributed by atoms with Gasteiger partial charge in [0.25, 0.3) is 5.56 Å². The Morgan fingerprint density at radius 3 is 2.33 bits per heavy atom. The average Bonchev–Trinajstić information content (AvgIpc) is 2.63. The van der Waals surface area contributed by atoms with E-state index in [4.69, 9.17) is 0 Å². The van der Waals surface area contributed by atoms with E-state index in [9.17, 15) is 18.0 Å². The van der Waals surface area contributed by atoms with Crippen molar-refractivity contribution in [1.29, 1.82) is 0 Å². The minimum Gasteiger partial charge on any atom is -0.325 e. The average molecular weight is 391 g/mol. The van der Waals surface area contributed by atoms with Crippen LogP contribution >= 0.6 is 0 Å². The fourth-order valence-electron chi connectivity index (χ4n) is 2.48. The molecular formula is C19H25N3O4S. The van der Waals surface area contributed by atoms with E-state index in [2.05, 4.69) is 19.2 Å². The van der Waals surface area contributed by atoms with Crippen molar-refractivity contribution in [3.05, 3.63) is 58.5 Å². The summed E-state index contributed by atoms with van der Waals surface area (Å²) in [4.78, 5) is 24.2. The number of hydrogen-bond acceptors (Lipinski definition) is 4. The SMILES string of the molecule is CC[C@@H](C)c1ccc(NC(=O)Cn2cc(S(=O)(=O)N(C)C)ccc2=O)cc1. The predicted molar refractivity (Wildman–Crippen MR) is 105 cm³/mol. The van der Waals surface area contributed by atoms with E-state index in [1.54, 1.807) is 0 Å². The molecule has 1 atom stereocenters. The van der Waals surface area contributed by atoms with Crippen molar-refractivity contribution < 1.29 is 13.2 Å². The maximum absolute atomic E-state index is 12.3. The number of amides is 1. The topological polar surface area (TPSA) is 88.5 Å². The number of aromatic nitrogens is 1. The zero-order valence-corrected chi connectivity index (χ0v) is 16.8. The summed E-state index contributed by atoms with van der Waals surface area (Å²) >= 11 is 0. The van der Waals surface area contributed by atoms with Gasteiger partial charge in [0.15, 0.2) is 0 Å². The lowest BCUT2D eigenvalue weighted by Gasteiger charge is -2.13. The van der Waals surface area contributed by atoms with Crippen LogP contribution in [-0.4, -0.2) is 37.3 Å². The van der Waals surface area contributed by atoms with Crippen molar-refractivity contribution in [2.24, 2.45) is 0 Å². The van der Waals surface area contributed by atoms with Gasteiger partial charge in [-0.15, -0.1) is 0 Å². The molecule has 0 bridgehead atoms. The Hall–Kier alpha value is -2.45. The number of benzene rings is 1. The van der Waals surface area contributed by atoms with Crippen LogP contribution in [0.25, 0.3) is 0 Å². The van der Waals surface area contributed by atoms with Crippen LogP contribution in [0, 0.1) is 0 Å². The molecule has 1 N–H and O–H groups in total. The quantitative estimate of drug-likeness (QED) is 0.784. The Balaban J connectivity index is 2.15. The lowest BCUT2D eigenvalue weighted by molar-refractivity contribution is -0.116. The van der Waals surface area contributed by atoms with Crippen molar-refractivity contribution in [3.8, 4) is 0 Å². The maximum Gasteiger partial charge on any atom is 0.251 e. The van der Waals surface area contributed by atoms with Gasteiger partial charge in [-0.25, -0.2) is 12.7 Å². The number of nitrogens with one attached hydrogen (secondary N) is 1. The summed E-state index contributed by atoms with van der Waals surface area (Å²) in [6.07, 6.45) is 2.21. The van der Waals surface area contributed by atoms with E-state index in [1.807, 2.05) is 24.3 Å². The van der Waals surface area contributed by atoms with Crippen LogP contribution in [0.4, 0.5) is 5.69 Å². The molecular weight excluding hydrogens is 366 g/mol. The van der Waals surface area contributed by atoms with Crippen molar-refractivity contribution in [1.82, 2.24) is 8.87 Å². The molecule has 7 nitrogen and oxygen atoms in total. The Morgan fingerprint density at radius 1 is 1.15 bits per heavy atom. The predicted octanol–water partition coefficient (Wildman–Crippen LogP) is 2.25. The molecule has 1 aromatic carbocycles. The molecule has 0 aliphatic heterocycles. The van der Waals surface area contributed by atoms with Crippen LogP contribution in [0.3, 0.4) is 0 Å². The summed E-state index contributed by atoms with van der Waals surface area (Å²) in [5, 5.41) is 2.72. The zero-order valence-electron chi connectivity index (χ0n) is 16.0. The molecule has 8 heteroatoms. The molecule has 0 spiro atoms. The number of pyridine rings is 1. The molecule has 2 rings (SSSR count). The highest BCUT2D eigenvalue weighted by molar-refractivity contribution is 7.89. The molecule has 0 aliphatic rings. The summed E-state index contributed by atoms with van der Waals surface area (Å²) < 4.78 is 26.5. The van der Waals surface area contributed by atoms with Gasteiger partial charge < -0.3 is 9.88 Å². The standard InChI is InChI=1S/C19H25N3O4S/c1-5-14(2)15-6-8-16(9-7-15)20-18(23)13-22-12-17(10-11-19(22)24)27(25,26)21(3)4/h6-12,14H,5,13H2,1-4H3,(H,20,23)/t14-/m1/s1. The summed E-state index contributed by atoms with van der Waals surface area (Å²) in [5.41, 5.74) is 1.36. The smallest absolute Gasteiger partial charge is 0.251 e. The van der Waals surface area contributed by atoms with Gasteiger partial charge in [0.05, 0.1) is 4.90 Å². The number of nitrogens with zero attached hydrogens (tertiary/aromatic N) is 2. The lowest BCUT2D eigenvalue weighted by atomic mass is 9.99. The molecule has 0 aliphatic carbocycles. The van der Waals surface area contributed by atoms with Gasteiger partial charge in [-0.3, -0.25) is 9.59 Å². The van der Waals surface area contributed by atoms with Crippen LogP contribution in [0.5, 0.6) is 0 Å². The number of hydrogen-bond donors (Lipinski definition) is 1. The van der Waals surface area contributed by atoms with Gasteiger partial charge in [0.2, 0.25) is 15.9 Å². The van der Waals surface area contributed by atoms with E-state index in [0.29, 0.717) is 11.6 Å². The van der Waals surface area contributed by atoms with Gasteiger partial charge in [-0.1, -0.05) is 26.0 Å². The Morgan fingerprint density at radius 2 is 1.78 bits per heavy atom. The third-order valence-electron chi connectivity index (χ3n) is 4.42. The Labute approximate surface area is 159 Å². The van der Waals surface area contributed by atoms with Crippen LogP contribution in [-0.2, 0) is 21.4 Å². The van der Waals surface area contributed by atoms with E-state index >= 15 is 0 Å². The summed E-state index contributed by atoms with van der Waals surface area (Å²) in [7, 11) is -0.878. The molecule has 0 radical (unpaired) electrons. The Kier molecular flexibility index (Phi) is 6.56. The molecule has 27 heavy (non-hydrogen) atoms. The lowest BCUT2D eigenvalue weighted by Crippen LogP contribution is -2.29. The highest BCUT2D eigenvalue weighted by atomic mass is 32.2. The van der Waals surface area contributed by atoms with Gasteiger partial charge in [0, 0.05) is 32.0 Å². The van der Waals surface area contributed by atoms with Crippen molar-refractivity contribution in [2.45, 2.75) is 37.6 Å². The van der Waals surface area contributed by atoms with Crippen LogP contribution in [0.2, 0.25) is 0 Å². The fourth-order valence-corrected chi connectivity index (χ4v) is 3.40. The number of carbonyl (C=O) groups is 1. The molecule has 0 saturated heterocycles. The molecule has 0 saturated carbocycles. The number of rotatable bonds is 7. The second-order valence-corrected chi connectivity index (χ2v) is 8.75. The minimum atomic E-state index is -3.68. The monoisotopic (exact) mass is 391 g/mol. The molecule has 146 valence electrons. The van der Waals surface area contributed by atoms with Gasteiger partial charge >= 0.3 is 0 Å². The number of anilines is 1. The molecule has 0 unspecified atom stereocenters. The van der Waals surface area contributed by atoms with Gasteiger partial charge in [-0.2, -0.15) is 0 Å². The first-order chi connectivity index (χ1) is 12.6. The highest BCUT2D eigenvalue weighted by Crippen LogP contribution is 2.20. The minimum absolute atomic E-state index is 0.0437. The van der Waals surface area contributed by atoms with Crippen molar-refractivity contribution in [2.75, 3.05) is 19.4 Å². The first-order valence-electron chi connectivity index (χ1n) is 8.68. The Bertz CT molecular complexity index is 963. The first kappa shape index (κ1) is 20.9.